The van der Waals surface area contributed by atoms with Gasteiger partial charge in [0.15, 0.2) is 0 Å². The number of aromatic nitrogens is 2. The van der Waals surface area contributed by atoms with E-state index in [2.05, 4.69) is 6.07 Å². The molecule has 8 nitrogen and oxygen atoms in total. The van der Waals surface area contributed by atoms with Crippen molar-refractivity contribution in [1.82, 2.24) is 14.0 Å². The van der Waals surface area contributed by atoms with Crippen LogP contribution in [0.3, 0.4) is 0 Å². The quantitative estimate of drug-likeness (QED) is 0.621. The first-order chi connectivity index (χ1) is 14.4. The Kier molecular flexibility index (Phi) is 4.88. The lowest BCUT2D eigenvalue weighted by molar-refractivity contribution is -0.151. The Labute approximate surface area is 172 Å². The van der Waals surface area contributed by atoms with E-state index in [0.29, 0.717) is 22.3 Å². The first-order valence-corrected chi connectivity index (χ1v) is 9.53. The van der Waals surface area contributed by atoms with Gasteiger partial charge >= 0.3 is 5.69 Å². The van der Waals surface area contributed by atoms with E-state index in [1.54, 1.807) is 56.6 Å². The van der Waals surface area contributed by atoms with Crippen LogP contribution in [0.1, 0.15) is 30.0 Å². The van der Waals surface area contributed by atoms with Crippen LogP contribution in [0.15, 0.2) is 47.3 Å². The van der Waals surface area contributed by atoms with Crippen LogP contribution in [0.5, 0.6) is 5.75 Å². The molecule has 4 rings (SSSR count). The standard InChI is InChI=1S/C22H20N4O4/c1-24-19-11-15(12-23)5-8-17(19)26(22(24)29)18-9-10-20(27)25(21(18)28)13-14-3-6-16(30-2)7-4-14/h3-8,11,18H,9-10,13H2,1-2H3. The van der Waals surface area contributed by atoms with Crippen molar-refractivity contribution in [2.45, 2.75) is 25.4 Å². The van der Waals surface area contributed by atoms with Crippen LogP contribution in [0.4, 0.5) is 0 Å². The highest BCUT2D eigenvalue weighted by Gasteiger charge is 2.37. The van der Waals surface area contributed by atoms with Crippen molar-refractivity contribution in [3.05, 3.63) is 64.1 Å². The lowest BCUT2D eigenvalue weighted by atomic mass is 10.0. The van der Waals surface area contributed by atoms with Gasteiger partial charge in [0.05, 0.1) is 36.3 Å². The second-order valence-corrected chi connectivity index (χ2v) is 7.25. The third-order valence-corrected chi connectivity index (χ3v) is 5.51. The summed E-state index contributed by atoms with van der Waals surface area (Å²) in [6.45, 7) is 0.135. The van der Waals surface area contributed by atoms with Crippen LogP contribution in [-0.4, -0.2) is 33.0 Å². The number of imidazole rings is 1. The third-order valence-electron chi connectivity index (χ3n) is 5.51. The predicted molar refractivity (Wildman–Crippen MR) is 109 cm³/mol. The van der Waals surface area contributed by atoms with Gasteiger partial charge in [-0.1, -0.05) is 12.1 Å². The minimum Gasteiger partial charge on any atom is -0.497 e. The number of amides is 2. The van der Waals surface area contributed by atoms with E-state index >= 15 is 0 Å². The highest BCUT2D eigenvalue weighted by Crippen LogP contribution is 2.28. The van der Waals surface area contributed by atoms with Crippen molar-refractivity contribution in [1.29, 1.82) is 5.26 Å². The molecule has 0 bridgehead atoms. The van der Waals surface area contributed by atoms with Gasteiger partial charge in [-0.3, -0.25) is 23.6 Å². The number of hydrogen-bond donors (Lipinski definition) is 0. The van der Waals surface area contributed by atoms with Crippen LogP contribution < -0.4 is 10.4 Å². The molecule has 2 aromatic carbocycles. The number of piperidine rings is 1. The maximum Gasteiger partial charge on any atom is 0.329 e. The van der Waals surface area contributed by atoms with Crippen molar-refractivity contribution in [2.24, 2.45) is 7.05 Å². The molecular formula is C22H20N4O4. The summed E-state index contributed by atoms with van der Waals surface area (Å²) < 4.78 is 8.00. The molecule has 1 atom stereocenters. The number of imide groups is 1. The monoisotopic (exact) mass is 404 g/mol. The molecule has 152 valence electrons. The molecular weight excluding hydrogens is 384 g/mol. The third kappa shape index (κ3) is 3.14. The SMILES string of the molecule is COc1ccc(CN2C(=O)CCC(n3c(=O)n(C)c4cc(C#N)ccc43)C2=O)cc1. The molecule has 1 fully saturated rings. The number of aryl methyl sites for hydroxylation is 1. The Balaban J connectivity index is 1.71. The zero-order valence-electron chi connectivity index (χ0n) is 16.7. The molecule has 1 aliphatic heterocycles. The molecule has 0 N–H and O–H groups in total. The van der Waals surface area contributed by atoms with E-state index in [-0.39, 0.29) is 31.0 Å². The van der Waals surface area contributed by atoms with E-state index in [0.717, 1.165) is 5.56 Å². The molecule has 1 unspecified atom stereocenters. The Morgan fingerprint density at radius 2 is 1.83 bits per heavy atom. The maximum atomic E-state index is 13.3. The summed E-state index contributed by atoms with van der Waals surface area (Å²) in [5.41, 5.74) is 2.02. The average molecular weight is 404 g/mol. The Morgan fingerprint density at radius 1 is 1.10 bits per heavy atom. The molecule has 8 heteroatoms. The molecule has 1 saturated heterocycles. The van der Waals surface area contributed by atoms with Gasteiger partial charge in [0.1, 0.15) is 11.8 Å². The van der Waals surface area contributed by atoms with E-state index < -0.39 is 11.9 Å². The van der Waals surface area contributed by atoms with Gasteiger partial charge in [-0.2, -0.15) is 5.26 Å². The van der Waals surface area contributed by atoms with Crippen molar-refractivity contribution in [3.63, 3.8) is 0 Å². The minimum absolute atomic E-state index is 0.135. The molecule has 2 amide bonds. The number of carbonyl (C=O) groups excluding carboxylic acids is 2. The summed E-state index contributed by atoms with van der Waals surface area (Å²) in [5, 5.41) is 9.14. The lowest BCUT2D eigenvalue weighted by Crippen LogP contribution is -2.47. The van der Waals surface area contributed by atoms with Gasteiger partial charge in [0.25, 0.3) is 5.91 Å². The number of likely N-dealkylation sites (tertiary alicyclic amines) is 1. The summed E-state index contributed by atoms with van der Waals surface area (Å²) in [6, 6.07) is 13.3. The molecule has 30 heavy (non-hydrogen) atoms. The number of fused-ring (bicyclic) bond motifs is 1. The summed E-state index contributed by atoms with van der Waals surface area (Å²) in [6.07, 6.45) is 0.432. The minimum atomic E-state index is -0.773. The fraction of sp³-hybridized carbons (Fsp3) is 0.273. The highest BCUT2D eigenvalue weighted by molar-refractivity contribution is 6.00. The van der Waals surface area contributed by atoms with Gasteiger partial charge in [0.2, 0.25) is 5.91 Å². The van der Waals surface area contributed by atoms with Crippen LogP contribution in [0.2, 0.25) is 0 Å². The lowest BCUT2D eigenvalue weighted by Gasteiger charge is -2.31. The van der Waals surface area contributed by atoms with Crippen molar-refractivity contribution < 1.29 is 14.3 Å². The maximum absolute atomic E-state index is 13.3. The molecule has 1 aromatic heterocycles. The second-order valence-electron chi connectivity index (χ2n) is 7.25. The van der Waals surface area contributed by atoms with Crippen LogP contribution >= 0.6 is 0 Å². The summed E-state index contributed by atoms with van der Waals surface area (Å²) in [5.74, 6) is 0.0279. The molecule has 0 aliphatic carbocycles. The fourth-order valence-corrected chi connectivity index (χ4v) is 3.87. The normalized spacial score (nSPS) is 16.7. The molecule has 0 saturated carbocycles. The van der Waals surface area contributed by atoms with Crippen molar-refractivity contribution >= 4 is 22.8 Å². The molecule has 0 radical (unpaired) electrons. The van der Waals surface area contributed by atoms with Crippen molar-refractivity contribution in [2.75, 3.05) is 7.11 Å². The number of nitrogens with zero attached hydrogens (tertiary/aromatic N) is 4. The number of ether oxygens (including phenoxy) is 1. The molecule has 2 heterocycles. The van der Waals surface area contributed by atoms with Gasteiger partial charge in [-0.15, -0.1) is 0 Å². The van der Waals surface area contributed by atoms with Crippen LogP contribution in [-0.2, 0) is 23.2 Å². The Bertz CT molecular complexity index is 1250. The average Bonchev–Trinajstić information content (AvgIpc) is 3.01. The van der Waals surface area contributed by atoms with Gasteiger partial charge in [0, 0.05) is 13.5 Å². The van der Waals surface area contributed by atoms with Gasteiger partial charge in [-0.25, -0.2) is 4.79 Å². The smallest absolute Gasteiger partial charge is 0.329 e. The molecule has 1 aliphatic rings. The molecule has 3 aromatic rings. The van der Waals surface area contributed by atoms with E-state index in [1.165, 1.54) is 14.0 Å². The Hall–Kier alpha value is -3.86. The van der Waals surface area contributed by atoms with Crippen molar-refractivity contribution in [3.8, 4) is 11.8 Å². The van der Waals surface area contributed by atoms with Gasteiger partial charge < -0.3 is 4.74 Å². The summed E-state index contributed by atoms with van der Waals surface area (Å²) >= 11 is 0. The van der Waals surface area contributed by atoms with E-state index in [1.807, 2.05) is 0 Å². The van der Waals surface area contributed by atoms with Crippen LogP contribution in [0.25, 0.3) is 11.0 Å². The first-order valence-electron chi connectivity index (χ1n) is 9.53. The largest absolute Gasteiger partial charge is 0.497 e. The summed E-state index contributed by atoms with van der Waals surface area (Å²) in [7, 11) is 3.18. The van der Waals surface area contributed by atoms with Gasteiger partial charge in [-0.05, 0) is 42.3 Å². The second kappa shape index (κ2) is 7.52. The predicted octanol–water partition coefficient (Wildman–Crippen LogP) is 2.11. The zero-order valence-corrected chi connectivity index (χ0v) is 16.7. The highest BCUT2D eigenvalue weighted by atomic mass is 16.5. The van der Waals surface area contributed by atoms with E-state index in [9.17, 15) is 14.4 Å². The number of nitriles is 1. The number of hydrogen-bond acceptors (Lipinski definition) is 5. The number of benzene rings is 2. The number of rotatable bonds is 4. The number of methoxy groups -OCH3 is 1. The summed E-state index contributed by atoms with van der Waals surface area (Å²) in [4.78, 5) is 39.9. The Morgan fingerprint density at radius 3 is 2.50 bits per heavy atom. The zero-order chi connectivity index (χ0) is 21.4. The molecule has 0 spiro atoms. The topological polar surface area (TPSA) is 97.3 Å². The first kappa shape index (κ1) is 19.5. The fourth-order valence-electron chi connectivity index (χ4n) is 3.87. The number of carbonyl (C=O) groups is 2. The van der Waals surface area contributed by atoms with E-state index in [4.69, 9.17) is 10.00 Å². The van der Waals surface area contributed by atoms with Crippen LogP contribution in [0, 0.1) is 11.3 Å².